The van der Waals surface area contributed by atoms with Crippen molar-refractivity contribution < 1.29 is 25.2 Å². The molecule has 2 rings (SSSR count). The Balaban J connectivity index is 2.50. The van der Waals surface area contributed by atoms with Gasteiger partial charge in [-0.2, -0.15) is 0 Å². The average molecular weight is 260 g/mol. The molecule has 0 radical (unpaired) electrons. The molecule has 0 aliphatic heterocycles. The Labute approximate surface area is 109 Å². The molecule has 0 aliphatic carbocycles. The number of phenols is 4. The third-order valence-electron chi connectivity index (χ3n) is 2.66. The summed E-state index contributed by atoms with van der Waals surface area (Å²) in [6.45, 7) is 1.72. The van der Waals surface area contributed by atoms with Crippen molar-refractivity contribution in [3.63, 3.8) is 0 Å². The molecule has 0 bridgehead atoms. The van der Waals surface area contributed by atoms with Gasteiger partial charge in [-0.05, 0) is 42.8 Å². The van der Waals surface area contributed by atoms with Crippen LogP contribution in [0.25, 0.3) is 0 Å². The highest BCUT2D eigenvalue weighted by atomic mass is 16.3. The SMILES string of the molecule is Cc1cc(O)cc(C(=O)c2cc(O)c(O)c(O)c2)c1. The summed E-state index contributed by atoms with van der Waals surface area (Å²) in [7, 11) is 0. The highest BCUT2D eigenvalue weighted by Crippen LogP contribution is 2.36. The maximum Gasteiger partial charge on any atom is 0.200 e. The first-order chi connectivity index (χ1) is 8.88. The van der Waals surface area contributed by atoms with Crippen molar-refractivity contribution in [3.05, 3.63) is 47.0 Å². The molecule has 2 aromatic rings. The van der Waals surface area contributed by atoms with E-state index < -0.39 is 23.0 Å². The zero-order valence-corrected chi connectivity index (χ0v) is 10.1. The van der Waals surface area contributed by atoms with Gasteiger partial charge in [0.15, 0.2) is 23.0 Å². The number of benzene rings is 2. The van der Waals surface area contributed by atoms with Gasteiger partial charge in [0, 0.05) is 11.1 Å². The summed E-state index contributed by atoms with van der Waals surface area (Å²) in [5.74, 6) is -2.37. The number of aryl methyl sites for hydroxylation is 1. The van der Waals surface area contributed by atoms with E-state index in [9.17, 15) is 25.2 Å². The molecule has 98 valence electrons. The fourth-order valence-corrected chi connectivity index (χ4v) is 1.80. The first kappa shape index (κ1) is 12.8. The molecule has 19 heavy (non-hydrogen) atoms. The molecule has 4 N–H and O–H groups in total. The second-order valence-corrected chi connectivity index (χ2v) is 4.25. The summed E-state index contributed by atoms with van der Waals surface area (Å²) in [5, 5.41) is 37.4. The molecule has 0 unspecified atom stereocenters. The van der Waals surface area contributed by atoms with E-state index in [1.54, 1.807) is 13.0 Å². The Morgan fingerprint density at radius 1 is 0.842 bits per heavy atom. The van der Waals surface area contributed by atoms with E-state index in [0.29, 0.717) is 5.56 Å². The zero-order valence-electron chi connectivity index (χ0n) is 10.1. The molecular weight excluding hydrogens is 248 g/mol. The van der Waals surface area contributed by atoms with Crippen LogP contribution < -0.4 is 0 Å². The number of carbonyl (C=O) groups excluding carboxylic acids is 1. The number of phenolic OH excluding ortho intramolecular Hbond substituents is 4. The fourth-order valence-electron chi connectivity index (χ4n) is 1.80. The minimum Gasteiger partial charge on any atom is -0.508 e. The third kappa shape index (κ3) is 2.44. The van der Waals surface area contributed by atoms with E-state index in [4.69, 9.17) is 0 Å². The maximum atomic E-state index is 12.2. The topological polar surface area (TPSA) is 98.0 Å². The van der Waals surface area contributed by atoms with Gasteiger partial charge in [-0.1, -0.05) is 0 Å². The number of carbonyl (C=O) groups is 1. The summed E-state index contributed by atoms with van der Waals surface area (Å²) < 4.78 is 0. The highest BCUT2D eigenvalue weighted by Gasteiger charge is 2.15. The molecule has 0 fully saturated rings. The van der Waals surface area contributed by atoms with Gasteiger partial charge in [-0.25, -0.2) is 0 Å². The van der Waals surface area contributed by atoms with Crippen molar-refractivity contribution >= 4 is 5.78 Å². The molecule has 2 aromatic carbocycles. The number of rotatable bonds is 2. The smallest absolute Gasteiger partial charge is 0.200 e. The van der Waals surface area contributed by atoms with Crippen molar-refractivity contribution in [1.29, 1.82) is 0 Å². The van der Waals surface area contributed by atoms with Crippen LogP contribution in [0.1, 0.15) is 21.5 Å². The molecule has 0 saturated heterocycles. The van der Waals surface area contributed by atoms with Crippen LogP contribution in [0.2, 0.25) is 0 Å². The van der Waals surface area contributed by atoms with Crippen LogP contribution in [0.3, 0.4) is 0 Å². The largest absolute Gasteiger partial charge is 0.508 e. The molecule has 5 heteroatoms. The van der Waals surface area contributed by atoms with Crippen molar-refractivity contribution in [2.75, 3.05) is 0 Å². The van der Waals surface area contributed by atoms with Gasteiger partial charge in [0.05, 0.1) is 0 Å². The first-order valence-electron chi connectivity index (χ1n) is 5.49. The van der Waals surface area contributed by atoms with E-state index in [-0.39, 0.29) is 16.9 Å². The Kier molecular flexibility index (Phi) is 3.04. The summed E-state index contributed by atoms with van der Waals surface area (Å²) in [5.41, 5.74) is 0.940. The van der Waals surface area contributed by atoms with Crippen LogP contribution in [0, 0.1) is 6.92 Å². The van der Waals surface area contributed by atoms with E-state index in [1.165, 1.54) is 12.1 Å². The number of hydrogen-bond acceptors (Lipinski definition) is 5. The van der Waals surface area contributed by atoms with E-state index >= 15 is 0 Å². The van der Waals surface area contributed by atoms with Crippen LogP contribution in [0.15, 0.2) is 30.3 Å². The number of aromatic hydroxyl groups is 4. The third-order valence-corrected chi connectivity index (χ3v) is 2.66. The molecule has 0 amide bonds. The lowest BCUT2D eigenvalue weighted by Crippen LogP contribution is -2.01. The van der Waals surface area contributed by atoms with Gasteiger partial charge in [0.2, 0.25) is 0 Å². The molecule has 0 saturated carbocycles. The van der Waals surface area contributed by atoms with Crippen LogP contribution >= 0.6 is 0 Å². The second kappa shape index (κ2) is 4.53. The number of hydrogen-bond donors (Lipinski definition) is 4. The Morgan fingerprint density at radius 3 is 1.89 bits per heavy atom. The summed E-state index contributed by atoms with van der Waals surface area (Å²) in [6, 6.07) is 6.47. The van der Waals surface area contributed by atoms with Crippen molar-refractivity contribution in [1.82, 2.24) is 0 Å². The van der Waals surface area contributed by atoms with Gasteiger partial charge >= 0.3 is 0 Å². The summed E-state index contributed by atoms with van der Waals surface area (Å²) in [6.07, 6.45) is 0. The molecular formula is C14H12O5. The molecule has 0 atom stereocenters. The summed E-state index contributed by atoms with van der Waals surface area (Å²) >= 11 is 0. The highest BCUT2D eigenvalue weighted by molar-refractivity contribution is 6.09. The maximum absolute atomic E-state index is 12.2. The van der Waals surface area contributed by atoms with Gasteiger partial charge in [0.25, 0.3) is 0 Å². The zero-order chi connectivity index (χ0) is 14.2. The first-order valence-corrected chi connectivity index (χ1v) is 5.49. The van der Waals surface area contributed by atoms with Crippen molar-refractivity contribution in [2.45, 2.75) is 6.92 Å². The Hall–Kier alpha value is -2.69. The number of ketones is 1. The predicted octanol–water partition coefficient (Wildman–Crippen LogP) is 2.05. The minimum atomic E-state index is -0.677. The average Bonchev–Trinajstić information content (AvgIpc) is 2.33. The van der Waals surface area contributed by atoms with E-state index in [1.807, 2.05) is 0 Å². The predicted molar refractivity (Wildman–Crippen MR) is 67.7 cm³/mol. The molecule has 0 heterocycles. The minimum absolute atomic E-state index is 0.0119. The molecule has 0 aromatic heterocycles. The lowest BCUT2D eigenvalue weighted by atomic mass is 10.0. The quantitative estimate of drug-likeness (QED) is 0.489. The summed E-state index contributed by atoms with van der Waals surface area (Å²) in [4.78, 5) is 12.2. The van der Waals surface area contributed by atoms with E-state index in [0.717, 1.165) is 12.1 Å². The van der Waals surface area contributed by atoms with Gasteiger partial charge in [-0.3, -0.25) is 4.79 Å². The van der Waals surface area contributed by atoms with Gasteiger partial charge in [0.1, 0.15) is 5.75 Å². The van der Waals surface area contributed by atoms with Crippen molar-refractivity contribution in [2.24, 2.45) is 0 Å². The van der Waals surface area contributed by atoms with Crippen LogP contribution in [0.4, 0.5) is 0 Å². The van der Waals surface area contributed by atoms with Crippen molar-refractivity contribution in [3.8, 4) is 23.0 Å². The van der Waals surface area contributed by atoms with Crippen LogP contribution in [-0.4, -0.2) is 26.2 Å². The van der Waals surface area contributed by atoms with Gasteiger partial charge < -0.3 is 20.4 Å². The molecule has 0 aliphatic rings. The fraction of sp³-hybridized carbons (Fsp3) is 0.0714. The van der Waals surface area contributed by atoms with Gasteiger partial charge in [-0.15, -0.1) is 0 Å². The van der Waals surface area contributed by atoms with E-state index in [2.05, 4.69) is 0 Å². The lowest BCUT2D eigenvalue weighted by Gasteiger charge is -2.06. The normalized spacial score (nSPS) is 10.4. The van der Waals surface area contributed by atoms with Crippen LogP contribution in [0.5, 0.6) is 23.0 Å². The standard InChI is InChI=1S/C14H12O5/c1-7-2-8(4-10(15)3-7)13(18)9-5-11(16)14(19)12(17)6-9/h2-6,15-17,19H,1H3. The second-order valence-electron chi connectivity index (χ2n) is 4.25. The monoisotopic (exact) mass is 260 g/mol. The van der Waals surface area contributed by atoms with Crippen LogP contribution in [-0.2, 0) is 0 Å². The molecule has 0 spiro atoms. The Morgan fingerprint density at radius 2 is 1.37 bits per heavy atom. The molecule has 5 nitrogen and oxygen atoms in total. The lowest BCUT2D eigenvalue weighted by molar-refractivity contribution is 0.103. The Bertz CT molecular complexity index is 618.